The van der Waals surface area contributed by atoms with Crippen LogP contribution in [0, 0.1) is 34.5 Å². The Labute approximate surface area is 403 Å². The number of aliphatic hydroxyl groups excluding tert-OH is 2. The molecule has 0 aromatic rings. The molecular weight excluding hydrogens is 857 g/mol. The van der Waals surface area contributed by atoms with Crippen LogP contribution in [-0.2, 0) is 18.7 Å². The Hall–Kier alpha value is -1.08. The van der Waals surface area contributed by atoms with Crippen molar-refractivity contribution >= 4 is 26.5 Å². The first kappa shape index (κ1) is 56.5. The van der Waals surface area contributed by atoms with E-state index in [-0.39, 0.29) is 59.8 Å². The van der Waals surface area contributed by atoms with Gasteiger partial charge in [0.2, 0.25) is 0 Å². The average Bonchev–Trinajstić information content (AvgIpc) is 3.79. The van der Waals surface area contributed by atoms with Crippen LogP contribution in [0.4, 0.5) is 0 Å². The van der Waals surface area contributed by atoms with E-state index < -0.39 is 31.7 Å². The molecule has 0 amide bonds. The summed E-state index contributed by atoms with van der Waals surface area (Å²) in [5.41, 5.74) is 8.34. The van der Waals surface area contributed by atoms with E-state index in [2.05, 4.69) is 106 Å². The molecule has 5 saturated carbocycles. The van der Waals surface area contributed by atoms with Crippen LogP contribution in [0.1, 0.15) is 187 Å². The second-order valence-corrected chi connectivity index (χ2v) is 36.9. The summed E-state index contributed by atoms with van der Waals surface area (Å²) in [5.74, 6) is 2.05. The summed E-state index contributed by atoms with van der Waals surface area (Å²) in [6, 6.07) is 0. The first-order valence-corrected chi connectivity index (χ1v) is 33.0. The Morgan fingerprint density at radius 2 is 1.15 bits per heavy atom. The van der Waals surface area contributed by atoms with Crippen molar-refractivity contribution in [3.05, 3.63) is 58.2 Å². The molecule has 0 spiro atoms. The van der Waals surface area contributed by atoms with Crippen molar-refractivity contribution < 1.29 is 27.5 Å². The van der Waals surface area contributed by atoms with Gasteiger partial charge in [-0.05, 0) is 198 Å². The van der Waals surface area contributed by atoms with Gasteiger partial charge in [0.05, 0.1) is 18.0 Å². The third kappa shape index (κ3) is 11.8. The highest BCUT2D eigenvalue weighted by Gasteiger charge is 2.53. The monoisotopic (exact) mass is 957 g/mol. The van der Waals surface area contributed by atoms with Crippen molar-refractivity contribution in [2.75, 3.05) is 5.75 Å². The molecule has 11 atom stereocenters. The van der Waals surface area contributed by atoms with E-state index in [9.17, 15) is 18.6 Å². The molecule has 0 radical (unpaired) electrons. The number of rotatable bonds is 8. The van der Waals surface area contributed by atoms with Crippen LogP contribution in [-0.4, -0.2) is 70.7 Å². The standard InChI is InChI=1S/C27H46O4SSi.C27H46O2Si.2CH4/c1-18(28)23-12-13-24-19(9-8-14-27(23,24)5)15-25-22-16-21(31-33(6,7)26(2,3)4)11-10-20(22)17-32(25,29)30;1-19-11-14-23(29-30(7,8)26(3,4)5)18-22(19)13-12-21-10-9-17-27(6)24(20(2)28)15-16-25(21)27;;/h15,18,21,23-25,28H,8-14,16-17H2,1-7H3;12-13,20,23-25,28H,1,9-11,14-18H2,2-8H3;2*1H4/b19-15+;21-12+,22-13+;;/t18-,21-,23+,24-,25?,27+;20-,23-,24+,25-,27+;;/m00../s1. The first-order chi connectivity index (χ1) is 29.0. The van der Waals surface area contributed by atoms with E-state index in [0.29, 0.717) is 29.8 Å². The molecule has 0 bridgehead atoms. The Bertz CT molecular complexity index is 1920. The number of allylic oxidation sites excluding steroid dienone is 5. The van der Waals surface area contributed by atoms with Crippen molar-refractivity contribution in [1.82, 2.24) is 0 Å². The number of fused-ring (bicyclic) bond motifs is 2. The van der Waals surface area contributed by atoms with Crippen LogP contribution < -0.4 is 0 Å². The van der Waals surface area contributed by atoms with Gasteiger partial charge in [0.25, 0.3) is 0 Å². The smallest absolute Gasteiger partial charge is 0.192 e. The Morgan fingerprint density at radius 1 is 0.692 bits per heavy atom. The Kier molecular flexibility index (Phi) is 18.0. The molecule has 1 heterocycles. The van der Waals surface area contributed by atoms with Gasteiger partial charge in [0.1, 0.15) is 5.25 Å². The van der Waals surface area contributed by atoms with Crippen LogP contribution >= 0.6 is 0 Å². The fourth-order valence-corrected chi connectivity index (χ4v) is 18.2. The molecule has 6 nitrogen and oxygen atoms in total. The van der Waals surface area contributed by atoms with Crippen molar-refractivity contribution in [2.24, 2.45) is 34.5 Å². The number of aliphatic hydroxyl groups is 2. The summed E-state index contributed by atoms with van der Waals surface area (Å²) < 4.78 is 40.2. The summed E-state index contributed by atoms with van der Waals surface area (Å²) in [4.78, 5) is 0. The van der Waals surface area contributed by atoms with E-state index >= 15 is 0 Å². The second-order valence-electron chi connectivity index (χ2n) is 25.3. The minimum Gasteiger partial charge on any atom is -0.414 e. The van der Waals surface area contributed by atoms with Crippen LogP contribution in [0.2, 0.25) is 36.3 Å². The Balaban J connectivity index is 0.000000277. The molecular formula is C56H100O6SSi2. The molecule has 2 N–H and O–H groups in total. The summed E-state index contributed by atoms with van der Waals surface area (Å²) in [6.45, 7) is 36.2. The van der Waals surface area contributed by atoms with Gasteiger partial charge in [-0.1, -0.05) is 117 Å². The highest BCUT2D eigenvalue weighted by Crippen LogP contribution is 2.60. The quantitative estimate of drug-likeness (QED) is 0.186. The largest absolute Gasteiger partial charge is 0.414 e. The minimum absolute atomic E-state index is 0. The molecule has 7 rings (SSSR count). The summed E-state index contributed by atoms with van der Waals surface area (Å²) >= 11 is 0. The van der Waals surface area contributed by atoms with Crippen LogP contribution in [0.5, 0.6) is 0 Å². The zero-order valence-electron chi connectivity index (χ0n) is 42.6. The molecule has 374 valence electrons. The van der Waals surface area contributed by atoms with E-state index in [1.165, 1.54) is 54.4 Å². The van der Waals surface area contributed by atoms with Gasteiger partial charge in [0.15, 0.2) is 26.5 Å². The molecule has 0 aromatic heterocycles. The lowest BCUT2D eigenvalue weighted by molar-refractivity contribution is 0.0298. The number of hydrogen-bond acceptors (Lipinski definition) is 6. The van der Waals surface area contributed by atoms with Crippen molar-refractivity contribution in [3.63, 3.8) is 0 Å². The average molecular weight is 958 g/mol. The predicted octanol–water partition coefficient (Wildman–Crippen LogP) is 15.0. The number of hydrogen-bond donors (Lipinski definition) is 2. The van der Waals surface area contributed by atoms with E-state index in [4.69, 9.17) is 8.85 Å². The topological polar surface area (TPSA) is 93.1 Å². The van der Waals surface area contributed by atoms with Crippen molar-refractivity contribution in [2.45, 2.75) is 253 Å². The van der Waals surface area contributed by atoms with Gasteiger partial charge in [0, 0.05) is 12.2 Å². The predicted molar refractivity (Wildman–Crippen MR) is 283 cm³/mol. The van der Waals surface area contributed by atoms with Gasteiger partial charge >= 0.3 is 0 Å². The lowest BCUT2D eigenvalue weighted by Gasteiger charge is -2.43. The zero-order chi connectivity index (χ0) is 46.7. The molecule has 5 fully saturated rings. The molecule has 65 heavy (non-hydrogen) atoms. The van der Waals surface area contributed by atoms with E-state index in [0.717, 1.165) is 76.2 Å². The molecule has 6 aliphatic carbocycles. The third-order valence-electron chi connectivity index (χ3n) is 19.1. The minimum atomic E-state index is -3.19. The second kappa shape index (κ2) is 20.7. The van der Waals surface area contributed by atoms with Gasteiger partial charge in [-0.25, -0.2) is 8.42 Å². The van der Waals surface area contributed by atoms with Crippen molar-refractivity contribution in [3.8, 4) is 0 Å². The van der Waals surface area contributed by atoms with Gasteiger partial charge < -0.3 is 19.1 Å². The lowest BCUT2D eigenvalue weighted by Crippen LogP contribution is -2.44. The highest BCUT2D eigenvalue weighted by atomic mass is 32.2. The van der Waals surface area contributed by atoms with Gasteiger partial charge in [-0.15, -0.1) is 0 Å². The fraction of sp³-hybridized carbons (Fsp3) is 0.821. The number of sulfone groups is 1. The molecule has 1 unspecified atom stereocenters. The van der Waals surface area contributed by atoms with Crippen molar-refractivity contribution in [1.29, 1.82) is 0 Å². The van der Waals surface area contributed by atoms with E-state index in [1.807, 2.05) is 13.8 Å². The summed E-state index contributed by atoms with van der Waals surface area (Å²) in [6.07, 6.45) is 24.2. The molecule has 1 aliphatic heterocycles. The first-order valence-electron chi connectivity index (χ1n) is 25.4. The lowest BCUT2D eigenvalue weighted by atomic mass is 9.62. The SMILES string of the molecule is C.C.C=C1CC[C@H](O[Si](C)(C)C(C)(C)C)C/C1=C\C=C1/CCC[C@]2(C)[C@@H]([C@H](C)O)CC[C@@H]12.C[C@H](O)[C@H]1CC[C@H]2/C(=C/C3C4=C(CC[C@H](O[Si](C)(C)C(C)(C)C)C4)CS3(=O)=O)CCC[C@]12C. The summed E-state index contributed by atoms with van der Waals surface area (Å²) in [5, 5.41) is 20.7. The normalized spacial score (nSPS) is 36.8. The maximum absolute atomic E-state index is 13.3. The van der Waals surface area contributed by atoms with Crippen LogP contribution in [0.15, 0.2) is 58.2 Å². The molecule has 9 heteroatoms. The fourth-order valence-electron chi connectivity index (χ4n) is 13.3. The third-order valence-corrected chi connectivity index (χ3v) is 30.1. The highest BCUT2D eigenvalue weighted by molar-refractivity contribution is 7.92. The summed E-state index contributed by atoms with van der Waals surface area (Å²) in [7, 11) is -6.82. The van der Waals surface area contributed by atoms with E-state index in [1.54, 1.807) is 5.57 Å². The van der Waals surface area contributed by atoms with Crippen LogP contribution in [0.3, 0.4) is 0 Å². The maximum Gasteiger partial charge on any atom is 0.192 e. The zero-order valence-corrected chi connectivity index (χ0v) is 45.4. The van der Waals surface area contributed by atoms with Gasteiger partial charge in [-0.2, -0.15) is 0 Å². The maximum atomic E-state index is 13.3. The van der Waals surface area contributed by atoms with Gasteiger partial charge in [-0.3, -0.25) is 0 Å². The molecule has 7 aliphatic rings. The molecule has 0 saturated heterocycles. The van der Waals surface area contributed by atoms with Crippen LogP contribution in [0.25, 0.3) is 0 Å². The molecule has 0 aromatic carbocycles. The Morgan fingerprint density at radius 3 is 1.65 bits per heavy atom.